The van der Waals surface area contributed by atoms with Crippen molar-refractivity contribution in [1.29, 1.82) is 0 Å². The van der Waals surface area contributed by atoms with E-state index in [-0.39, 0.29) is 0 Å². The average molecular weight is 252 g/mol. The number of likely N-dealkylation sites (N-methyl/N-ethyl adjacent to an activating group) is 1. The highest BCUT2D eigenvalue weighted by Gasteiger charge is 2.39. The predicted octanol–water partition coefficient (Wildman–Crippen LogP) is 3.40. The maximum absolute atomic E-state index is 6.40. The zero-order chi connectivity index (χ0) is 13.3. The summed E-state index contributed by atoms with van der Waals surface area (Å²) >= 11 is 0. The zero-order valence-corrected chi connectivity index (χ0v) is 12.8. The van der Waals surface area contributed by atoms with E-state index in [1.165, 1.54) is 44.9 Å². The van der Waals surface area contributed by atoms with Crippen molar-refractivity contribution in [1.82, 2.24) is 4.90 Å². The van der Waals surface area contributed by atoms with Crippen LogP contribution in [0.4, 0.5) is 0 Å². The summed E-state index contributed by atoms with van der Waals surface area (Å²) in [4.78, 5) is 2.62. The third-order valence-electron chi connectivity index (χ3n) is 6.06. The molecule has 0 aromatic carbocycles. The van der Waals surface area contributed by atoms with Crippen molar-refractivity contribution in [3.05, 3.63) is 0 Å². The van der Waals surface area contributed by atoms with E-state index in [2.05, 4.69) is 32.7 Å². The molecule has 0 aliphatic heterocycles. The third-order valence-corrected chi connectivity index (χ3v) is 6.06. The first-order valence-electron chi connectivity index (χ1n) is 7.93. The van der Waals surface area contributed by atoms with Gasteiger partial charge in [-0.2, -0.15) is 0 Å². The monoisotopic (exact) mass is 252 g/mol. The van der Waals surface area contributed by atoms with Crippen LogP contribution in [0.1, 0.15) is 65.7 Å². The largest absolute Gasteiger partial charge is 0.326 e. The standard InChI is InChI=1S/C16H32N2/c1-5-16(2,3)12-9-10-14(17)15(11-12)18(4)13-7-6-8-13/h12-15H,5-11,17H2,1-4H3. The molecule has 0 bridgehead atoms. The molecule has 2 N–H and O–H groups in total. The van der Waals surface area contributed by atoms with Crippen LogP contribution in [0, 0.1) is 11.3 Å². The Balaban J connectivity index is 2.00. The normalized spacial score (nSPS) is 34.7. The Kier molecular flexibility index (Phi) is 4.38. The molecule has 0 aromatic rings. The predicted molar refractivity (Wildman–Crippen MR) is 78.6 cm³/mol. The van der Waals surface area contributed by atoms with Gasteiger partial charge in [-0.1, -0.05) is 33.6 Å². The van der Waals surface area contributed by atoms with Gasteiger partial charge in [-0.05, 0) is 50.5 Å². The molecule has 3 unspecified atom stereocenters. The fourth-order valence-electron chi connectivity index (χ4n) is 3.70. The van der Waals surface area contributed by atoms with Crippen molar-refractivity contribution in [2.24, 2.45) is 17.1 Å². The van der Waals surface area contributed by atoms with Crippen molar-refractivity contribution in [2.45, 2.75) is 83.8 Å². The van der Waals surface area contributed by atoms with Crippen LogP contribution in [0.5, 0.6) is 0 Å². The van der Waals surface area contributed by atoms with Gasteiger partial charge in [-0.3, -0.25) is 4.90 Å². The summed E-state index contributed by atoms with van der Waals surface area (Å²) in [7, 11) is 2.32. The summed E-state index contributed by atoms with van der Waals surface area (Å²) in [5.41, 5.74) is 6.89. The Labute approximate surface area is 113 Å². The molecule has 2 rings (SSSR count). The van der Waals surface area contributed by atoms with E-state index < -0.39 is 0 Å². The third kappa shape index (κ3) is 2.75. The number of nitrogens with zero attached hydrogens (tertiary/aromatic N) is 1. The fraction of sp³-hybridized carbons (Fsp3) is 1.00. The average Bonchev–Trinajstić information content (AvgIpc) is 2.26. The SMILES string of the molecule is CCC(C)(C)C1CCC(N)C(N(C)C2CCC2)C1. The van der Waals surface area contributed by atoms with Crippen molar-refractivity contribution in [2.75, 3.05) is 7.05 Å². The Morgan fingerprint density at radius 1 is 1.17 bits per heavy atom. The van der Waals surface area contributed by atoms with E-state index in [0.717, 1.165) is 12.0 Å². The van der Waals surface area contributed by atoms with Crippen molar-refractivity contribution >= 4 is 0 Å². The van der Waals surface area contributed by atoms with Crippen LogP contribution in [0.3, 0.4) is 0 Å². The van der Waals surface area contributed by atoms with Crippen molar-refractivity contribution in [3.8, 4) is 0 Å². The molecule has 2 aliphatic rings. The highest BCUT2D eigenvalue weighted by atomic mass is 15.2. The summed E-state index contributed by atoms with van der Waals surface area (Å²) in [6.07, 6.45) is 9.35. The number of nitrogens with two attached hydrogens (primary N) is 1. The quantitative estimate of drug-likeness (QED) is 0.831. The molecule has 2 aliphatic carbocycles. The van der Waals surface area contributed by atoms with Gasteiger partial charge in [-0.15, -0.1) is 0 Å². The number of rotatable bonds is 4. The van der Waals surface area contributed by atoms with Crippen LogP contribution < -0.4 is 5.73 Å². The van der Waals surface area contributed by atoms with Gasteiger partial charge in [0.05, 0.1) is 0 Å². The van der Waals surface area contributed by atoms with Crippen LogP contribution in [-0.2, 0) is 0 Å². The van der Waals surface area contributed by atoms with Gasteiger partial charge >= 0.3 is 0 Å². The minimum Gasteiger partial charge on any atom is -0.326 e. The van der Waals surface area contributed by atoms with Crippen molar-refractivity contribution < 1.29 is 0 Å². The second-order valence-corrected chi connectivity index (χ2v) is 7.33. The molecule has 0 amide bonds. The van der Waals surface area contributed by atoms with Gasteiger partial charge < -0.3 is 5.73 Å². The van der Waals surface area contributed by atoms with Crippen molar-refractivity contribution in [3.63, 3.8) is 0 Å². The lowest BCUT2D eigenvalue weighted by Crippen LogP contribution is -2.55. The van der Waals surface area contributed by atoms with Gasteiger partial charge in [0.1, 0.15) is 0 Å². The Bertz CT molecular complexity index is 270. The maximum atomic E-state index is 6.40. The maximum Gasteiger partial charge on any atom is 0.0249 e. The lowest BCUT2D eigenvalue weighted by molar-refractivity contribution is 0.0306. The summed E-state index contributed by atoms with van der Waals surface area (Å²) in [5, 5.41) is 0. The molecule has 2 saturated carbocycles. The zero-order valence-electron chi connectivity index (χ0n) is 12.8. The number of hydrogen-bond donors (Lipinski definition) is 1. The van der Waals surface area contributed by atoms with Gasteiger partial charge in [0.15, 0.2) is 0 Å². The van der Waals surface area contributed by atoms with E-state index in [9.17, 15) is 0 Å². The van der Waals surface area contributed by atoms with Crippen LogP contribution in [-0.4, -0.2) is 30.1 Å². The molecule has 0 heterocycles. The summed E-state index contributed by atoms with van der Waals surface area (Å²) in [5.74, 6) is 0.856. The van der Waals surface area contributed by atoms with Crippen LogP contribution >= 0.6 is 0 Å². The van der Waals surface area contributed by atoms with Crippen LogP contribution in [0.2, 0.25) is 0 Å². The molecule has 2 fully saturated rings. The molecule has 2 heteroatoms. The van der Waals surface area contributed by atoms with Gasteiger partial charge in [-0.25, -0.2) is 0 Å². The van der Waals surface area contributed by atoms with E-state index in [4.69, 9.17) is 5.73 Å². The van der Waals surface area contributed by atoms with Gasteiger partial charge in [0, 0.05) is 18.1 Å². The van der Waals surface area contributed by atoms with Crippen LogP contribution in [0.25, 0.3) is 0 Å². The Morgan fingerprint density at radius 3 is 2.33 bits per heavy atom. The lowest BCUT2D eigenvalue weighted by atomic mass is 9.67. The van der Waals surface area contributed by atoms with E-state index in [1.54, 1.807) is 0 Å². The number of hydrogen-bond acceptors (Lipinski definition) is 2. The second-order valence-electron chi connectivity index (χ2n) is 7.33. The Hall–Kier alpha value is -0.0800. The second kappa shape index (κ2) is 5.50. The lowest BCUT2D eigenvalue weighted by Gasteiger charge is -2.48. The van der Waals surface area contributed by atoms with E-state index >= 15 is 0 Å². The topological polar surface area (TPSA) is 29.3 Å². The molecule has 3 atom stereocenters. The van der Waals surface area contributed by atoms with Gasteiger partial charge in [0.25, 0.3) is 0 Å². The van der Waals surface area contributed by atoms with E-state index in [1.807, 2.05) is 0 Å². The molecule has 2 nitrogen and oxygen atoms in total. The fourth-order valence-corrected chi connectivity index (χ4v) is 3.70. The first kappa shape index (κ1) is 14.3. The first-order chi connectivity index (χ1) is 8.45. The highest BCUT2D eigenvalue weighted by Crippen LogP contribution is 2.42. The summed E-state index contributed by atoms with van der Waals surface area (Å²) in [6, 6.07) is 1.85. The smallest absolute Gasteiger partial charge is 0.0249 e. The molecule has 18 heavy (non-hydrogen) atoms. The van der Waals surface area contributed by atoms with Crippen LogP contribution in [0.15, 0.2) is 0 Å². The Morgan fingerprint density at radius 2 is 1.83 bits per heavy atom. The van der Waals surface area contributed by atoms with Gasteiger partial charge in [0.2, 0.25) is 0 Å². The summed E-state index contributed by atoms with van der Waals surface area (Å²) < 4.78 is 0. The molecule has 0 spiro atoms. The summed E-state index contributed by atoms with van der Waals surface area (Å²) in [6.45, 7) is 7.21. The highest BCUT2D eigenvalue weighted by molar-refractivity contribution is 4.95. The first-order valence-corrected chi connectivity index (χ1v) is 7.93. The molecule has 106 valence electrons. The minimum atomic E-state index is 0.402. The van der Waals surface area contributed by atoms with E-state index in [0.29, 0.717) is 17.5 Å². The molecule has 0 aromatic heterocycles. The molecule has 0 radical (unpaired) electrons. The molecular formula is C16H32N2. The molecule has 0 saturated heterocycles. The molecular weight excluding hydrogens is 220 g/mol. The minimum absolute atomic E-state index is 0.402.